The Morgan fingerprint density at radius 1 is 0.964 bits per heavy atom. The van der Waals surface area contributed by atoms with E-state index < -0.39 is 14.8 Å². The van der Waals surface area contributed by atoms with Crippen LogP contribution >= 0.6 is 23.5 Å². The molecule has 1 N–H and O–H groups in total. The van der Waals surface area contributed by atoms with Crippen molar-refractivity contribution in [3.8, 4) is 0 Å². The van der Waals surface area contributed by atoms with Crippen LogP contribution in [-0.4, -0.2) is 31.2 Å². The molecule has 0 spiro atoms. The smallest absolute Gasteiger partial charge is 0.214 e. The van der Waals surface area contributed by atoms with Gasteiger partial charge in [0.15, 0.2) is 0 Å². The fourth-order valence-electron chi connectivity index (χ4n) is 3.35. The highest BCUT2D eigenvalue weighted by Crippen LogP contribution is 2.58. The number of thioether (sulfide) groups is 2. The van der Waals surface area contributed by atoms with Crippen LogP contribution in [0.3, 0.4) is 0 Å². The van der Waals surface area contributed by atoms with Crippen LogP contribution in [0.5, 0.6) is 0 Å². The Labute approximate surface area is 178 Å². The molecular weight excluding hydrogens is 406 g/mol. The quantitative estimate of drug-likeness (QED) is 0.676. The Hall–Kier alpha value is -0.950. The van der Waals surface area contributed by atoms with Crippen LogP contribution in [0.1, 0.15) is 44.2 Å². The van der Waals surface area contributed by atoms with Crippen LogP contribution in [0, 0.1) is 0 Å². The fraction of sp³-hybridized carbons (Fsp3) is 0.455. The van der Waals surface area contributed by atoms with E-state index in [0.29, 0.717) is 6.54 Å². The lowest BCUT2D eigenvalue weighted by molar-refractivity contribution is 0.529. The molecule has 28 heavy (non-hydrogen) atoms. The monoisotopic (exact) mass is 435 g/mol. The predicted molar refractivity (Wildman–Crippen MR) is 124 cm³/mol. The number of hydrogen-bond donors (Lipinski definition) is 1. The molecule has 0 saturated carbocycles. The van der Waals surface area contributed by atoms with Crippen molar-refractivity contribution in [3.63, 3.8) is 0 Å². The molecule has 0 amide bonds. The van der Waals surface area contributed by atoms with Crippen molar-refractivity contribution in [1.29, 1.82) is 0 Å². The van der Waals surface area contributed by atoms with Gasteiger partial charge in [0.25, 0.3) is 0 Å². The number of sulfonamides is 1. The van der Waals surface area contributed by atoms with Gasteiger partial charge in [-0.15, -0.1) is 23.5 Å². The molecule has 1 saturated heterocycles. The molecule has 3 rings (SSSR count). The third-order valence-corrected chi connectivity index (χ3v) is 10.8. The zero-order chi connectivity index (χ0) is 20.3. The normalized spacial score (nSPS) is 18.5. The second kappa shape index (κ2) is 8.82. The van der Waals surface area contributed by atoms with Crippen LogP contribution in [0.15, 0.2) is 60.7 Å². The van der Waals surface area contributed by atoms with Gasteiger partial charge in [0, 0.05) is 12.5 Å². The molecule has 1 atom stereocenters. The molecule has 1 unspecified atom stereocenters. The number of benzene rings is 2. The van der Waals surface area contributed by atoms with Crippen molar-refractivity contribution < 1.29 is 8.42 Å². The molecule has 6 heteroatoms. The molecule has 1 fully saturated rings. The van der Waals surface area contributed by atoms with Crippen molar-refractivity contribution in [1.82, 2.24) is 4.72 Å². The molecule has 152 valence electrons. The highest BCUT2D eigenvalue weighted by Gasteiger charge is 2.44. The summed E-state index contributed by atoms with van der Waals surface area (Å²) in [6.07, 6.45) is 1.18. The topological polar surface area (TPSA) is 46.2 Å². The van der Waals surface area contributed by atoms with Crippen LogP contribution in [-0.2, 0) is 14.1 Å². The minimum absolute atomic E-state index is 0.0310. The third kappa shape index (κ3) is 4.61. The van der Waals surface area contributed by atoms with Crippen molar-refractivity contribution in [2.45, 2.75) is 41.9 Å². The van der Waals surface area contributed by atoms with Gasteiger partial charge in [0.2, 0.25) is 10.0 Å². The van der Waals surface area contributed by atoms with Gasteiger partial charge in [-0.2, -0.15) is 0 Å². The van der Waals surface area contributed by atoms with Crippen molar-refractivity contribution in [2.75, 3.05) is 18.1 Å². The maximum absolute atomic E-state index is 12.8. The Kier molecular flexibility index (Phi) is 6.85. The van der Waals surface area contributed by atoms with Gasteiger partial charge in [0.1, 0.15) is 0 Å². The van der Waals surface area contributed by atoms with E-state index in [4.69, 9.17) is 0 Å². The molecule has 3 nitrogen and oxygen atoms in total. The summed E-state index contributed by atoms with van der Waals surface area (Å²) in [4.78, 5) is 0. The van der Waals surface area contributed by atoms with Gasteiger partial charge in [-0.05, 0) is 49.8 Å². The zero-order valence-corrected chi connectivity index (χ0v) is 19.2. The largest absolute Gasteiger partial charge is 0.216 e. The SMILES string of the molecule is CC(C)(C)S(=O)(=O)NCC(c1ccccc1)C1(c2ccccc2)SCCCS1. The lowest BCUT2D eigenvalue weighted by Gasteiger charge is -2.43. The molecule has 1 heterocycles. The molecule has 1 aliphatic heterocycles. The summed E-state index contributed by atoms with van der Waals surface area (Å²) in [6, 6.07) is 20.9. The van der Waals surface area contributed by atoms with E-state index in [1.54, 1.807) is 20.8 Å². The van der Waals surface area contributed by atoms with E-state index >= 15 is 0 Å². The molecule has 2 aromatic rings. The van der Waals surface area contributed by atoms with Gasteiger partial charge >= 0.3 is 0 Å². The van der Waals surface area contributed by atoms with Crippen LogP contribution < -0.4 is 4.72 Å². The minimum atomic E-state index is -3.42. The lowest BCUT2D eigenvalue weighted by atomic mass is 9.90. The summed E-state index contributed by atoms with van der Waals surface area (Å²) in [7, 11) is -3.42. The highest BCUT2D eigenvalue weighted by atomic mass is 32.2. The number of rotatable bonds is 6. The van der Waals surface area contributed by atoms with Crippen molar-refractivity contribution in [3.05, 3.63) is 71.8 Å². The molecule has 0 aromatic heterocycles. The van der Waals surface area contributed by atoms with E-state index in [1.807, 2.05) is 47.8 Å². The summed E-state index contributed by atoms with van der Waals surface area (Å²) in [6.45, 7) is 5.61. The first-order valence-electron chi connectivity index (χ1n) is 9.64. The van der Waals surface area contributed by atoms with E-state index in [2.05, 4.69) is 41.1 Å². The number of hydrogen-bond acceptors (Lipinski definition) is 4. The first-order chi connectivity index (χ1) is 13.3. The third-order valence-electron chi connectivity index (χ3n) is 5.04. The summed E-state index contributed by atoms with van der Waals surface area (Å²) >= 11 is 3.91. The maximum atomic E-state index is 12.8. The predicted octanol–water partition coefficient (Wildman–Crippen LogP) is 5.21. The zero-order valence-electron chi connectivity index (χ0n) is 16.7. The van der Waals surface area contributed by atoms with Gasteiger partial charge in [-0.25, -0.2) is 13.1 Å². The van der Waals surface area contributed by atoms with E-state index in [0.717, 1.165) is 11.5 Å². The van der Waals surface area contributed by atoms with Gasteiger partial charge in [0.05, 0.1) is 8.83 Å². The van der Waals surface area contributed by atoms with E-state index in [-0.39, 0.29) is 10.00 Å². The van der Waals surface area contributed by atoms with Crippen LogP contribution in [0.4, 0.5) is 0 Å². The van der Waals surface area contributed by atoms with Crippen LogP contribution in [0.2, 0.25) is 0 Å². The molecule has 0 radical (unpaired) electrons. The van der Waals surface area contributed by atoms with Gasteiger partial charge in [-0.3, -0.25) is 0 Å². The number of nitrogens with one attached hydrogen (secondary N) is 1. The standard InChI is InChI=1S/C22H29NO2S3/c1-21(2,3)28(24,25)23-17-20(18-11-6-4-7-12-18)22(26-15-10-16-27-22)19-13-8-5-9-14-19/h4-9,11-14,20,23H,10,15-17H2,1-3H3. The fourth-order valence-corrected chi connectivity index (χ4v) is 7.82. The second-order valence-electron chi connectivity index (χ2n) is 8.01. The summed E-state index contributed by atoms with van der Waals surface area (Å²) in [5, 5.41) is 0. The van der Waals surface area contributed by atoms with E-state index in [1.165, 1.54) is 17.5 Å². The van der Waals surface area contributed by atoms with Gasteiger partial charge in [-0.1, -0.05) is 60.7 Å². The second-order valence-corrected chi connectivity index (χ2v) is 13.5. The van der Waals surface area contributed by atoms with E-state index in [9.17, 15) is 8.42 Å². The summed E-state index contributed by atoms with van der Waals surface area (Å²) in [5.41, 5.74) is 2.43. The summed E-state index contributed by atoms with van der Waals surface area (Å²) in [5.74, 6) is 2.19. The molecule has 0 bridgehead atoms. The Morgan fingerprint density at radius 3 is 2.04 bits per heavy atom. The summed E-state index contributed by atoms with van der Waals surface area (Å²) < 4.78 is 27.5. The van der Waals surface area contributed by atoms with Crippen LogP contribution in [0.25, 0.3) is 0 Å². The first kappa shape index (κ1) is 21.8. The molecule has 2 aromatic carbocycles. The Balaban J connectivity index is 2.04. The highest BCUT2D eigenvalue weighted by molar-refractivity contribution is 8.18. The van der Waals surface area contributed by atoms with Gasteiger partial charge < -0.3 is 0 Å². The maximum Gasteiger partial charge on any atom is 0.216 e. The first-order valence-corrected chi connectivity index (χ1v) is 13.1. The lowest BCUT2D eigenvalue weighted by Crippen LogP contribution is -2.44. The van der Waals surface area contributed by atoms with Crippen molar-refractivity contribution >= 4 is 33.5 Å². The average Bonchev–Trinajstić information content (AvgIpc) is 2.69. The average molecular weight is 436 g/mol. The Morgan fingerprint density at radius 2 is 1.50 bits per heavy atom. The van der Waals surface area contributed by atoms with Crippen molar-refractivity contribution in [2.24, 2.45) is 0 Å². The molecule has 1 aliphatic rings. The minimum Gasteiger partial charge on any atom is -0.214 e. The Bertz CT molecular complexity index is 856. The molecular formula is C22H29NO2S3. The molecule has 0 aliphatic carbocycles.